The van der Waals surface area contributed by atoms with E-state index in [1.54, 1.807) is 0 Å². The first-order valence-electron chi connectivity index (χ1n) is 8.12. The molecule has 0 saturated heterocycles. The van der Waals surface area contributed by atoms with Crippen LogP contribution >= 0.6 is 0 Å². The maximum Gasteiger partial charge on any atom is 0.0700 e. The lowest BCUT2D eigenvalue weighted by atomic mass is 9.96. The molecule has 1 heterocycles. The molecule has 0 amide bonds. The van der Waals surface area contributed by atoms with Crippen LogP contribution in [0, 0.1) is 0 Å². The highest BCUT2D eigenvalue weighted by atomic mass is 15.2. The molecular weight excluding hydrogens is 258 g/mol. The van der Waals surface area contributed by atoms with Crippen molar-refractivity contribution in [3.63, 3.8) is 0 Å². The minimum atomic E-state index is 0.529. The summed E-state index contributed by atoms with van der Waals surface area (Å²) in [6.07, 6.45) is 6.73. The number of aromatic nitrogens is 2. The van der Waals surface area contributed by atoms with E-state index in [1.807, 2.05) is 11.7 Å². The second-order valence-electron chi connectivity index (χ2n) is 5.94. The summed E-state index contributed by atoms with van der Waals surface area (Å²) in [7, 11) is 2.01. The standard InChI is InChI=1S/C18H25N3/c1-4-11-19-18-10-9-14-13(7-6-8-15(14)18)16-12-21(3)20-17(16)5-2/h6-8,12,18-19H,4-5,9-11H2,1-3H3. The van der Waals surface area contributed by atoms with Crippen molar-refractivity contribution in [1.29, 1.82) is 0 Å². The Bertz CT molecular complexity index is 627. The number of fused-ring (bicyclic) bond motifs is 1. The summed E-state index contributed by atoms with van der Waals surface area (Å²) in [6.45, 7) is 5.50. The Morgan fingerprint density at radius 1 is 1.29 bits per heavy atom. The van der Waals surface area contributed by atoms with Gasteiger partial charge in [-0.1, -0.05) is 32.0 Å². The Morgan fingerprint density at radius 3 is 2.90 bits per heavy atom. The highest BCUT2D eigenvalue weighted by Gasteiger charge is 2.25. The van der Waals surface area contributed by atoms with Crippen LogP contribution < -0.4 is 5.32 Å². The number of hydrogen-bond donors (Lipinski definition) is 1. The highest BCUT2D eigenvalue weighted by molar-refractivity contribution is 5.71. The van der Waals surface area contributed by atoms with E-state index in [9.17, 15) is 0 Å². The van der Waals surface area contributed by atoms with E-state index in [-0.39, 0.29) is 0 Å². The molecule has 0 saturated carbocycles. The average Bonchev–Trinajstić information content (AvgIpc) is 3.08. The summed E-state index contributed by atoms with van der Waals surface area (Å²) in [6, 6.07) is 7.28. The van der Waals surface area contributed by atoms with Gasteiger partial charge < -0.3 is 5.32 Å². The number of aryl methyl sites for hydroxylation is 2. The van der Waals surface area contributed by atoms with Crippen LogP contribution in [0.3, 0.4) is 0 Å². The smallest absolute Gasteiger partial charge is 0.0700 e. The zero-order chi connectivity index (χ0) is 14.8. The van der Waals surface area contributed by atoms with Crippen LogP contribution in [-0.2, 0) is 19.9 Å². The zero-order valence-electron chi connectivity index (χ0n) is 13.3. The Balaban J connectivity index is 2.00. The van der Waals surface area contributed by atoms with Crippen molar-refractivity contribution < 1.29 is 0 Å². The van der Waals surface area contributed by atoms with Crippen LogP contribution in [0.15, 0.2) is 24.4 Å². The molecule has 1 unspecified atom stereocenters. The fourth-order valence-corrected chi connectivity index (χ4v) is 3.46. The fourth-order valence-electron chi connectivity index (χ4n) is 3.46. The Hall–Kier alpha value is -1.61. The van der Waals surface area contributed by atoms with Gasteiger partial charge in [0.25, 0.3) is 0 Å². The summed E-state index contributed by atoms with van der Waals surface area (Å²) >= 11 is 0. The van der Waals surface area contributed by atoms with Crippen molar-refractivity contribution in [2.24, 2.45) is 7.05 Å². The van der Waals surface area contributed by atoms with Crippen LogP contribution in [0.25, 0.3) is 11.1 Å². The maximum absolute atomic E-state index is 4.60. The second-order valence-corrected chi connectivity index (χ2v) is 5.94. The SMILES string of the molecule is CCCNC1CCc2c(-c3cn(C)nc3CC)cccc21. The predicted octanol–water partition coefficient (Wildman–Crippen LogP) is 3.64. The van der Waals surface area contributed by atoms with Crippen molar-refractivity contribution >= 4 is 0 Å². The van der Waals surface area contributed by atoms with Crippen molar-refractivity contribution in [1.82, 2.24) is 15.1 Å². The number of rotatable bonds is 5. The minimum absolute atomic E-state index is 0.529. The average molecular weight is 283 g/mol. The Morgan fingerprint density at radius 2 is 2.14 bits per heavy atom. The van der Waals surface area contributed by atoms with Crippen molar-refractivity contribution in [2.75, 3.05) is 6.54 Å². The van der Waals surface area contributed by atoms with E-state index in [0.717, 1.165) is 13.0 Å². The van der Waals surface area contributed by atoms with E-state index >= 15 is 0 Å². The molecule has 1 aromatic heterocycles. The third-order valence-corrected chi connectivity index (χ3v) is 4.44. The van der Waals surface area contributed by atoms with Gasteiger partial charge in [0.1, 0.15) is 0 Å². The summed E-state index contributed by atoms with van der Waals surface area (Å²) in [4.78, 5) is 0. The molecule has 3 rings (SSSR count). The van der Waals surface area contributed by atoms with Gasteiger partial charge in [-0.25, -0.2) is 0 Å². The molecule has 3 heteroatoms. The van der Waals surface area contributed by atoms with Gasteiger partial charge in [-0.3, -0.25) is 4.68 Å². The number of benzene rings is 1. The summed E-state index contributed by atoms with van der Waals surface area (Å²) < 4.78 is 1.94. The van der Waals surface area contributed by atoms with Crippen molar-refractivity contribution in [3.8, 4) is 11.1 Å². The van der Waals surface area contributed by atoms with E-state index < -0.39 is 0 Å². The van der Waals surface area contributed by atoms with E-state index in [0.29, 0.717) is 6.04 Å². The number of nitrogens with zero attached hydrogens (tertiary/aromatic N) is 2. The largest absolute Gasteiger partial charge is 0.310 e. The molecule has 1 N–H and O–H groups in total. The normalized spacial score (nSPS) is 17.2. The quantitative estimate of drug-likeness (QED) is 0.908. The highest BCUT2D eigenvalue weighted by Crippen LogP contribution is 2.38. The first kappa shape index (κ1) is 14.3. The first-order valence-corrected chi connectivity index (χ1v) is 8.12. The molecule has 0 bridgehead atoms. The van der Waals surface area contributed by atoms with Gasteiger partial charge in [0, 0.05) is 24.8 Å². The van der Waals surface area contributed by atoms with Crippen LogP contribution in [0.4, 0.5) is 0 Å². The van der Waals surface area contributed by atoms with Gasteiger partial charge >= 0.3 is 0 Å². The summed E-state index contributed by atoms with van der Waals surface area (Å²) in [5.41, 5.74) is 6.92. The lowest BCUT2D eigenvalue weighted by Gasteiger charge is -2.14. The van der Waals surface area contributed by atoms with E-state index in [4.69, 9.17) is 0 Å². The monoisotopic (exact) mass is 283 g/mol. The van der Waals surface area contributed by atoms with Crippen LogP contribution in [-0.4, -0.2) is 16.3 Å². The minimum Gasteiger partial charge on any atom is -0.310 e. The molecule has 1 aromatic carbocycles. The summed E-state index contributed by atoms with van der Waals surface area (Å²) in [5, 5.41) is 8.28. The molecule has 1 atom stereocenters. The lowest BCUT2D eigenvalue weighted by molar-refractivity contribution is 0.529. The van der Waals surface area contributed by atoms with Crippen LogP contribution in [0.2, 0.25) is 0 Å². The van der Waals surface area contributed by atoms with Gasteiger partial charge in [-0.15, -0.1) is 0 Å². The maximum atomic E-state index is 4.60. The van der Waals surface area contributed by atoms with Crippen LogP contribution in [0.5, 0.6) is 0 Å². The predicted molar refractivity (Wildman–Crippen MR) is 87.4 cm³/mol. The van der Waals surface area contributed by atoms with Gasteiger partial charge in [0.2, 0.25) is 0 Å². The Kier molecular flexibility index (Phi) is 4.11. The summed E-state index contributed by atoms with van der Waals surface area (Å²) in [5.74, 6) is 0. The zero-order valence-corrected chi connectivity index (χ0v) is 13.3. The molecule has 0 radical (unpaired) electrons. The molecule has 1 aliphatic rings. The van der Waals surface area contributed by atoms with E-state index in [1.165, 1.54) is 47.2 Å². The first-order chi connectivity index (χ1) is 10.2. The molecule has 0 aliphatic heterocycles. The van der Waals surface area contributed by atoms with Crippen molar-refractivity contribution in [3.05, 3.63) is 41.2 Å². The van der Waals surface area contributed by atoms with Gasteiger partial charge in [-0.05, 0) is 48.9 Å². The number of hydrogen-bond acceptors (Lipinski definition) is 2. The third-order valence-electron chi connectivity index (χ3n) is 4.44. The molecule has 0 fully saturated rings. The molecule has 21 heavy (non-hydrogen) atoms. The molecule has 0 spiro atoms. The van der Waals surface area contributed by atoms with Gasteiger partial charge in [0.15, 0.2) is 0 Å². The van der Waals surface area contributed by atoms with Crippen LogP contribution in [0.1, 0.15) is 49.6 Å². The molecule has 2 aromatic rings. The molecule has 3 nitrogen and oxygen atoms in total. The van der Waals surface area contributed by atoms with Crippen molar-refractivity contribution in [2.45, 2.75) is 45.6 Å². The molecule has 1 aliphatic carbocycles. The molecular formula is C18H25N3. The Labute approximate surface area is 127 Å². The van der Waals surface area contributed by atoms with E-state index in [2.05, 4.69) is 48.7 Å². The third kappa shape index (κ3) is 2.62. The second kappa shape index (κ2) is 6.02. The molecule has 112 valence electrons. The van der Waals surface area contributed by atoms with Gasteiger partial charge in [-0.2, -0.15) is 5.10 Å². The number of nitrogens with one attached hydrogen (secondary N) is 1. The van der Waals surface area contributed by atoms with Gasteiger partial charge in [0.05, 0.1) is 5.69 Å². The lowest BCUT2D eigenvalue weighted by Crippen LogP contribution is -2.19. The fraction of sp³-hybridized carbons (Fsp3) is 0.500. The topological polar surface area (TPSA) is 29.9 Å².